The van der Waals surface area contributed by atoms with Crippen LogP contribution < -0.4 is 4.74 Å². The molecule has 1 fully saturated rings. The zero-order valence-corrected chi connectivity index (χ0v) is 19.6. The van der Waals surface area contributed by atoms with Gasteiger partial charge in [0.2, 0.25) is 5.91 Å². The smallest absolute Gasteiger partial charge is 0.262 e. The summed E-state index contributed by atoms with van der Waals surface area (Å²) in [5.74, 6) is 0.536. The van der Waals surface area contributed by atoms with E-state index in [2.05, 4.69) is 5.10 Å². The van der Waals surface area contributed by atoms with Crippen molar-refractivity contribution in [3.8, 4) is 5.75 Å². The minimum Gasteiger partial charge on any atom is -0.497 e. The van der Waals surface area contributed by atoms with Gasteiger partial charge < -0.3 is 14.4 Å². The van der Waals surface area contributed by atoms with Crippen LogP contribution in [-0.4, -0.2) is 61.4 Å². The Bertz CT molecular complexity index is 1040. The van der Waals surface area contributed by atoms with Crippen LogP contribution in [0.25, 0.3) is 0 Å². The molecule has 2 aromatic rings. The first-order valence-corrected chi connectivity index (χ1v) is 11.5. The third-order valence-corrected chi connectivity index (χ3v) is 6.31. The molecule has 2 amide bonds. The summed E-state index contributed by atoms with van der Waals surface area (Å²) in [5.41, 5.74) is 2.48. The fraction of sp³-hybridized carbons (Fsp3) is 0.400. The van der Waals surface area contributed by atoms with Crippen LogP contribution in [0.3, 0.4) is 0 Å². The third kappa shape index (κ3) is 5.37. The molecule has 4 rings (SSSR count). The van der Waals surface area contributed by atoms with Crippen molar-refractivity contribution < 1.29 is 19.1 Å². The van der Waals surface area contributed by atoms with Gasteiger partial charge in [-0.05, 0) is 36.6 Å². The Balaban J connectivity index is 1.61. The minimum absolute atomic E-state index is 0.0101. The van der Waals surface area contributed by atoms with Crippen molar-refractivity contribution in [3.05, 3.63) is 64.7 Å². The standard InChI is InChI=1S/C25H28ClN3O4/c1-32-14-13-28(25(31)18-7-8-18)16-24(30)29-23(17-9-11-19(33-2)12-10-17)15-22(27-29)20-5-3-4-6-21(20)26/h3-6,9-12,18,23H,7-8,13-16H2,1-2H3/t23-/m1/s1. The van der Waals surface area contributed by atoms with Crippen LogP contribution in [0.15, 0.2) is 53.6 Å². The molecule has 0 saturated heterocycles. The van der Waals surface area contributed by atoms with E-state index in [4.69, 9.17) is 21.1 Å². The van der Waals surface area contributed by atoms with E-state index in [0.29, 0.717) is 24.6 Å². The van der Waals surface area contributed by atoms with Crippen molar-refractivity contribution in [2.45, 2.75) is 25.3 Å². The molecule has 0 N–H and O–H groups in total. The summed E-state index contributed by atoms with van der Waals surface area (Å²) in [6, 6.07) is 14.8. The number of nitrogens with zero attached hydrogens (tertiary/aromatic N) is 3. The molecular formula is C25H28ClN3O4. The zero-order chi connectivity index (χ0) is 23.4. The molecule has 33 heavy (non-hydrogen) atoms. The molecule has 0 spiro atoms. The first kappa shape index (κ1) is 23.3. The fourth-order valence-electron chi connectivity index (χ4n) is 3.98. The van der Waals surface area contributed by atoms with Crippen LogP contribution in [0, 0.1) is 5.92 Å². The number of halogens is 1. The van der Waals surface area contributed by atoms with Crippen LogP contribution in [0.5, 0.6) is 5.75 Å². The van der Waals surface area contributed by atoms with Gasteiger partial charge in [-0.25, -0.2) is 5.01 Å². The SMILES string of the molecule is COCCN(CC(=O)N1N=C(c2ccccc2Cl)C[C@@H]1c1ccc(OC)cc1)C(=O)C1CC1. The van der Waals surface area contributed by atoms with E-state index >= 15 is 0 Å². The van der Waals surface area contributed by atoms with Crippen LogP contribution in [-0.2, 0) is 14.3 Å². The van der Waals surface area contributed by atoms with Crippen LogP contribution in [0.4, 0.5) is 0 Å². The molecule has 1 aliphatic carbocycles. The summed E-state index contributed by atoms with van der Waals surface area (Å²) in [4.78, 5) is 27.8. The highest BCUT2D eigenvalue weighted by Crippen LogP contribution is 2.36. The second kappa shape index (κ2) is 10.4. The maximum atomic E-state index is 13.5. The lowest BCUT2D eigenvalue weighted by atomic mass is 9.98. The Labute approximate surface area is 198 Å². The van der Waals surface area contributed by atoms with Gasteiger partial charge in [0.05, 0.1) is 25.5 Å². The molecule has 0 bridgehead atoms. The van der Waals surface area contributed by atoms with Gasteiger partial charge in [0.25, 0.3) is 5.91 Å². The van der Waals surface area contributed by atoms with Crippen molar-refractivity contribution in [1.29, 1.82) is 0 Å². The average Bonchev–Trinajstić information content (AvgIpc) is 3.60. The molecule has 0 unspecified atom stereocenters. The van der Waals surface area contributed by atoms with Gasteiger partial charge in [0.1, 0.15) is 12.3 Å². The Kier molecular flexibility index (Phi) is 7.30. The zero-order valence-electron chi connectivity index (χ0n) is 18.9. The number of ether oxygens (including phenoxy) is 2. The van der Waals surface area contributed by atoms with Crippen molar-refractivity contribution in [1.82, 2.24) is 9.91 Å². The second-order valence-corrected chi connectivity index (χ2v) is 8.69. The van der Waals surface area contributed by atoms with Crippen molar-refractivity contribution in [2.24, 2.45) is 11.0 Å². The molecular weight excluding hydrogens is 442 g/mol. The number of methoxy groups -OCH3 is 2. The predicted octanol–water partition coefficient (Wildman–Crippen LogP) is 3.91. The van der Waals surface area contributed by atoms with Gasteiger partial charge in [-0.2, -0.15) is 5.10 Å². The van der Waals surface area contributed by atoms with Crippen LogP contribution >= 0.6 is 11.6 Å². The highest BCUT2D eigenvalue weighted by molar-refractivity contribution is 6.34. The summed E-state index contributed by atoms with van der Waals surface area (Å²) in [5, 5.41) is 6.78. The lowest BCUT2D eigenvalue weighted by Crippen LogP contribution is -2.43. The average molecular weight is 470 g/mol. The predicted molar refractivity (Wildman–Crippen MR) is 126 cm³/mol. The number of hydrazone groups is 1. The first-order valence-electron chi connectivity index (χ1n) is 11.1. The number of carbonyl (C=O) groups excluding carboxylic acids is 2. The van der Waals surface area contributed by atoms with Gasteiger partial charge in [0.15, 0.2) is 0 Å². The van der Waals surface area contributed by atoms with E-state index < -0.39 is 0 Å². The molecule has 7 nitrogen and oxygen atoms in total. The Hall–Kier alpha value is -2.90. The lowest BCUT2D eigenvalue weighted by Gasteiger charge is -2.27. The molecule has 2 aromatic carbocycles. The minimum atomic E-state index is -0.296. The van der Waals surface area contributed by atoms with E-state index in [-0.39, 0.29) is 30.3 Å². The number of hydrogen-bond donors (Lipinski definition) is 0. The van der Waals surface area contributed by atoms with Gasteiger partial charge in [-0.1, -0.05) is 41.9 Å². The number of amides is 2. The van der Waals surface area contributed by atoms with Gasteiger partial charge in [0, 0.05) is 36.6 Å². The molecule has 0 aromatic heterocycles. The van der Waals surface area contributed by atoms with Gasteiger partial charge >= 0.3 is 0 Å². The molecule has 1 heterocycles. The Morgan fingerprint density at radius 2 is 1.85 bits per heavy atom. The molecule has 174 valence electrons. The number of carbonyl (C=O) groups is 2. The van der Waals surface area contributed by atoms with Crippen molar-refractivity contribution in [3.63, 3.8) is 0 Å². The van der Waals surface area contributed by atoms with E-state index in [9.17, 15) is 9.59 Å². The van der Waals surface area contributed by atoms with E-state index in [1.54, 1.807) is 19.1 Å². The largest absolute Gasteiger partial charge is 0.497 e. The fourth-order valence-corrected chi connectivity index (χ4v) is 4.22. The maximum Gasteiger partial charge on any atom is 0.262 e. The van der Waals surface area contributed by atoms with E-state index in [0.717, 1.165) is 35.4 Å². The highest BCUT2D eigenvalue weighted by Gasteiger charge is 2.37. The Morgan fingerprint density at radius 1 is 1.12 bits per heavy atom. The monoisotopic (exact) mass is 469 g/mol. The highest BCUT2D eigenvalue weighted by atomic mass is 35.5. The first-order chi connectivity index (χ1) is 16.0. The summed E-state index contributed by atoms with van der Waals surface area (Å²) in [7, 11) is 3.20. The topological polar surface area (TPSA) is 71.4 Å². The third-order valence-electron chi connectivity index (χ3n) is 5.98. The van der Waals surface area contributed by atoms with E-state index in [1.165, 1.54) is 5.01 Å². The quantitative estimate of drug-likeness (QED) is 0.558. The van der Waals surface area contributed by atoms with Gasteiger partial charge in [-0.15, -0.1) is 0 Å². The van der Waals surface area contributed by atoms with Crippen molar-refractivity contribution in [2.75, 3.05) is 33.9 Å². The van der Waals surface area contributed by atoms with Crippen LogP contribution in [0.1, 0.15) is 36.4 Å². The Morgan fingerprint density at radius 3 is 2.48 bits per heavy atom. The maximum absolute atomic E-state index is 13.5. The summed E-state index contributed by atoms with van der Waals surface area (Å²) in [6.07, 6.45) is 2.28. The number of benzene rings is 2. The normalized spacial score (nSPS) is 17.6. The number of hydrogen-bond acceptors (Lipinski definition) is 5. The molecule has 8 heteroatoms. The molecule has 2 aliphatic rings. The van der Waals surface area contributed by atoms with Crippen LogP contribution in [0.2, 0.25) is 5.02 Å². The summed E-state index contributed by atoms with van der Waals surface area (Å²) >= 11 is 6.42. The lowest BCUT2D eigenvalue weighted by molar-refractivity contribution is -0.142. The molecule has 1 saturated carbocycles. The summed E-state index contributed by atoms with van der Waals surface area (Å²) < 4.78 is 10.4. The van der Waals surface area contributed by atoms with Crippen molar-refractivity contribution >= 4 is 29.1 Å². The molecule has 1 aliphatic heterocycles. The van der Waals surface area contributed by atoms with Gasteiger partial charge in [-0.3, -0.25) is 9.59 Å². The second-order valence-electron chi connectivity index (χ2n) is 8.28. The number of rotatable bonds is 9. The molecule has 0 radical (unpaired) electrons. The summed E-state index contributed by atoms with van der Waals surface area (Å²) in [6.45, 7) is 0.714. The van der Waals surface area contributed by atoms with E-state index in [1.807, 2.05) is 48.5 Å². The molecule has 1 atom stereocenters.